The summed E-state index contributed by atoms with van der Waals surface area (Å²) in [4.78, 5) is 14.3. The molecular weight excluding hydrogens is 362 g/mol. The standard InChI is InChI=1S/C21H22BrNO/c22-20-9-6-17(7-10-20)8-11-21(24)23-14-12-19(13-15-23)16-18-4-2-1-3-5-18/h1-11,19H,12-16H2/b11-8+. The van der Waals surface area contributed by atoms with Crippen LogP contribution in [-0.4, -0.2) is 23.9 Å². The first-order chi connectivity index (χ1) is 11.7. The predicted molar refractivity (Wildman–Crippen MR) is 103 cm³/mol. The van der Waals surface area contributed by atoms with Gasteiger partial charge in [-0.1, -0.05) is 58.4 Å². The van der Waals surface area contributed by atoms with E-state index in [0.717, 1.165) is 42.4 Å². The van der Waals surface area contributed by atoms with E-state index in [2.05, 4.69) is 46.3 Å². The highest BCUT2D eigenvalue weighted by molar-refractivity contribution is 9.10. The van der Waals surface area contributed by atoms with Crippen molar-refractivity contribution in [1.82, 2.24) is 4.90 Å². The molecule has 1 saturated heterocycles. The second-order valence-electron chi connectivity index (χ2n) is 6.34. The van der Waals surface area contributed by atoms with E-state index in [0.29, 0.717) is 5.92 Å². The summed E-state index contributed by atoms with van der Waals surface area (Å²) in [5.41, 5.74) is 2.45. The lowest BCUT2D eigenvalue weighted by molar-refractivity contribution is -0.127. The van der Waals surface area contributed by atoms with Gasteiger partial charge in [0.15, 0.2) is 0 Å². The fraction of sp³-hybridized carbons (Fsp3) is 0.286. The van der Waals surface area contributed by atoms with Crippen LogP contribution >= 0.6 is 15.9 Å². The number of likely N-dealkylation sites (tertiary alicyclic amines) is 1. The molecule has 0 unspecified atom stereocenters. The van der Waals surface area contributed by atoms with Gasteiger partial charge >= 0.3 is 0 Å². The molecule has 3 rings (SSSR count). The normalized spacial score (nSPS) is 15.8. The molecule has 0 aromatic heterocycles. The monoisotopic (exact) mass is 383 g/mol. The Labute approximate surface area is 152 Å². The molecule has 0 radical (unpaired) electrons. The Morgan fingerprint density at radius 3 is 2.38 bits per heavy atom. The molecule has 0 aliphatic carbocycles. The van der Waals surface area contributed by atoms with E-state index in [4.69, 9.17) is 0 Å². The maximum absolute atomic E-state index is 12.3. The lowest BCUT2D eigenvalue weighted by Crippen LogP contribution is -2.37. The van der Waals surface area contributed by atoms with Gasteiger partial charge in [-0.05, 0) is 54.5 Å². The van der Waals surface area contributed by atoms with E-state index in [1.807, 2.05) is 35.2 Å². The smallest absolute Gasteiger partial charge is 0.246 e. The molecule has 1 aliphatic rings. The van der Waals surface area contributed by atoms with E-state index in [9.17, 15) is 4.79 Å². The highest BCUT2D eigenvalue weighted by Gasteiger charge is 2.21. The summed E-state index contributed by atoms with van der Waals surface area (Å²) in [6.07, 6.45) is 6.89. The van der Waals surface area contributed by atoms with Crippen molar-refractivity contribution in [3.63, 3.8) is 0 Å². The maximum atomic E-state index is 12.3. The summed E-state index contributed by atoms with van der Waals surface area (Å²) >= 11 is 3.42. The molecule has 2 aromatic carbocycles. The second-order valence-corrected chi connectivity index (χ2v) is 7.26. The van der Waals surface area contributed by atoms with Crippen molar-refractivity contribution in [1.29, 1.82) is 0 Å². The molecule has 0 saturated carbocycles. The zero-order chi connectivity index (χ0) is 16.8. The lowest BCUT2D eigenvalue weighted by atomic mass is 9.90. The summed E-state index contributed by atoms with van der Waals surface area (Å²) in [6.45, 7) is 1.72. The van der Waals surface area contributed by atoms with Crippen LogP contribution in [0.25, 0.3) is 6.08 Å². The molecule has 124 valence electrons. The summed E-state index contributed by atoms with van der Waals surface area (Å²) in [5, 5.41) is 0. The molecule has 0 spiro atoms. The lowest BCUT2D eigenvalue weighted by Gasteiger charge is -2.31. The number of benzene rings is 2. The molecule has 1 fully saturated rings. The van der Waals surface area contributed by atoms with Crippen molar-refractivity contribution in [3.8, 4) is 0 Å². The molecule has 0 N–H and O–H groups in total. The third kappa shape index (κ3) is 4.81. The number of carbonyl (C=O) groups is 1. The fourth-order valence-electron chi connectivity index (χ4n) is 3.15. The zero-order valence-electron chi connectivity index (χ0n) is 13.7. The van der Waals surface area contributed by atoms with Gasteiger partial charge in [-0.25, -0.2) is 0 Å². The van der Waals surface area contributed by atoms with E-state index < -0.39 is 0 Å². The third-order valence-corrected chi connectivity index (χ3v) is 5.11. The van der Waals surface area contributed by atoms with Gasteiger partial charge in [0.1, 0.15) is 0 Å². The van der Waals surface area contributed by atoms with Gasteiger partial charge in [0, 0.05) is 23.6 Å². The highest BCUT2D eigenvalue weighted by atomic mass is 79.9. The topological polar surface area (TPSA) is 20.3 Å². The second kappa shape index (κ2) is 8.29. The Hall–Kier alpha value is -1.87. The summed E-state index contributed by atoms with van der Waals surface area (Å²) in [7, 11) is 0. The quantitative estimate of drug-likeness (QED) is 0.684. The van der Waals surface area contributed by atoms with Crippen LogP contribution in [0.2, 0.25) is 0 Å². The van der Waals surface area contributed by atoms with Gasteiger partial charge < -0.3 is 4.90 Å². The minimum absolute atomic E-state index is 0.121. The van der Waals surface area contributed by atoms with Gasteiger partial charge in [0.25, 0.3) is 0 Å². The van der Waals surface area contributed by atoms with Crippen molar-refractivity contribution < 1.29 is 4.79 Å². The predicted octanol–water partition coefficient (Wildman–Crippen LogP) is 4.94. The van der Waals surface area contributed by atoms with Crippen LogP contribution in [-0.2, 0) is 11.2 Å². The van der Waals surface area contributed by atoms with E-state index >= 15 is 0 Å². The summed E-state index contributed by atoms with van der Waals surface area (Å²) in [5.74, 6) is 0.808. The molecule has 3 heteroatoms. The number of piperidine rings is 1. The Kier molecular flexibility index (Phi) is 5.86. The summed E-state index contributed by atoms with van der Waals surface area (Å²) < 4.78 is 1.05. The van der Waals surface area contributed by atoms with Crippen molar-refractivity contribution in [2.75, 3.05) is 13.1 Å². The number of nitrogens with zero attached hydrogens (tertiary/aromatic N) is 1. The van der Waals surface area contributed by atoms with Crippen molar-refractivity contribution in [2.45, 2.75) is 19.3 Å². The number of amides is 1. The van der Waals surface area contributed by atoms with Crippen LogP contribution in [0.15, 0.2) is 65.1 Å². The van der Waals surface area contributed by atoms with Gasteiger partial charge in [0.05, 0.1) is 0 Å². The number of hydrogen-bond acceptors (Lipinski definition) is 1. The van der Waals surface area contributed by atoms with Crippen LogP contribution in [0.3, 0.4) is 0 Å². The highest BCUT2D eigenvalue weighted by Crippen LogP contribution is 2.22. The number of carbonyl (C=O) groups excluding carboxylic acids is 1. The molecule has 1 amide bonds. The van der Waals surface area contributed by atoms with Crippen LogP contribution in [0, 0.1) is 5.92 Å². The van der Waals surface area contributed by atoms with Crippen LogP contribution < -0.4 is 0 Å². The average Bonchev–Trinajstić information content (AvgIpc) is 2.62. The minimum atomic E-state index is 0.121. The first-order valence-corrected chi connectivity index (χ1v) is 9.26. The van der Waals surface area contributed by atoms with Gasteiger partial charge in [0.2, 0.25) is 5.91 Å². The van der Waals surface area contributed by atoms with E-state index in [-0.39, 0.29) is 5.91 Å². The van der Waals surface area contributed by atoms with E-state index in [1.165, 1.54) is 5.56 Å². The van der Waals surface area contributed by atoms with Crippen LogP contribution in [0.4, 0.5) is 0 Å². The van der Waals surface area contributed by atoms with E-state index in [1.54, 1.807) is 6.08 Å². The molecule has 1 aliphatic heterocycles. The Morgan fingerprint density at radius 2 is 1.71 bits per heavy atom. The van der Waals surface area contributed by atoms with Crippen LogP contribution in [0.1, 0.15) is 24.0 Å². The molecule has 1 heterocycles. The number of halogens is 1. The first kappa shape index (κ1) is 17.0. The maximum Gasteiger partial charge on any atom is 0.246 e. The van der Waals surface area contributed by atoms with Gasteiger partial charge in [-0.2, -0.15) is 0 Å². The molecular formula is C21H22BrNO. The third-order valence-electron chi connectivity index (χ3n) is 4.58. The van der Waals surface area contributed by atoms with Gasteiger partial charge in [-0.15, -0.1) is 0 Å². The molecule has 24 heavy (non-hydrogen) atoms. The largest absolute Gasteiger partial charge is 0.339 e. The Bertz CT molecular complexity index is 686. The molecule has 0 bridgehead atoms. The van der Waals surface area contributed by atoms with Crippen molar-refractivity contribution in [3.05, 3.63) is 76.3 Å². The number of hydrogen-bond donors (Lipinski definition) is 0. The van der Waals surface area contributed by atoms with Gasteiger partial charge in [-0.3, -0.25) is 4.79 Å². The number of rotatable bonds is 4. The Morgan fingerprint density at radius 1 is 1.04 bits per heavy atom. The Balaban J connectivity index is 1.49. The fourth-order valence-corrected chi connectivity index (χ4v) is 3.42. The molecule has 2 nitrogen and oxygen atoms in total. The first-order valence-electron chi connectivity index (χ1n) is 8.47. The minimum Gasteiger partial charge on any atom is -0.339 e. The molecule has 0 atom stereocenters. The average molecular weight is 384 g/mol. The molecule has 2 aromatic rings. The SMILES string of the molecule is O=C(/C=C/c1ccc(Br)cc1)N1CCC(Cc2ccccc2)CC1. The van der Waals surface area contributed by atoms with Crippen LogP contribution in [0.5, 0.6) is 0 Å². The summed E-state index contributed by atoms with van der Waals surface area (Å²) in [6, 6.07) is 18.6. The zero-order valence-corrected chi connectivity index (χ0v) is 15.3. The van der Waals surface area contributed by atoms with Crippen molar-refractivity contribution in [2.24, 2.45) is 5.92 Å². The van der Waals surface area contributed by atoms with Crippen molar-refractivity contribution >= 4 is 27.9 Å².